The number of hydrogen-bond donors (Lipinski definition) is 1. The number of amidine groups is 1. The molecule has 136 valence electrons. The second kappa shape index (κ2) is 7.40. The number of rotatable bonds is 5. The Kier molecular flexibility index (Phi) is 5.69. The number of nitrogens with zero attached hydrogens (tertiary/aromatic N) is 6. The molecule has 1 aromatic rings. The van der Waals surface area contributed by atoms with Crippen molar-refractivity contribution in [2.75, 3.05) is 13.6 Å². The molecule has 2 heterocycles. The van der Waals surface area contributed by atoms with Crippen molar-refractivity contribution < 1.29 is 9.70 Å². The number of hydrogen-bond acceptors (Lipinski definition) is 6. The Balaban J connectivity index is 2.50. The van der Waals surface area contributed by atoms with E-state index in [0.29, 0.717) is 23.5 Å². The van der Waals surface area contributed by atoms with Crippen LogP contribution in [0, 0.1) is 4.77 Å². The van der Waals surface area contributed by atoms with Crippen LogP contribution < -0.4 is 5.56 Å². The molecule has 9 heteroatoms. The summed E-state index contributed by atoms with van der Waals surface area (Å²) < 4.78 is 3.55. The largest absolute Gasteiger partial charge is 0.493 e. The van der Waals surface area contributed by atoms with Crippen molar-refractivity contribution in [2.24, 2.45) is 15.3 Å². The molecule has 1 N–H and O–H groups in total. The third-order valence-corrected chi connectivity index (χ3v) is 4.78. The minimum atomic E-state index is -0.455. The lowest BCUT2D eigenvalue weighted by molar-refractivity contribution is -0.876. The molecule has 1 atom stereocenters. The average molecular weight is 365 g/mol. The summed E-state index contributed by atoms with van der Waals surface area (Å²) in [6.45, 7) is 9.41. The van der Waals surface area contributed by atoms with E-state index in [9.17, 15) is 9.90 Å². The lowest BCUT2D eigenvalue weighted by Crippen LogP contribution is -2.34. The van der Waals surface area contributed by atoms with Crippen LogP contribution in [0.15, 0.2) is 31.9 Å². The van der Waals surface area contributed by atoms with Gasteiger partial charge in [-0.05, 0) is 32.5 Å². The van der Waals surface area contributed by atoms with Gasteiger partial charge in [0.15, 0.2) is 4.77 Å². The molecule has 1 unspecified atom stereocenters. The zero-order chi connectivity index (χ0) is 18.8. The van der Waals surface area contributed by atoms with Crippen molar-refractivity contribution in [3.8, 4) is 5.88 Å². The maximum atomic E-state index is 12.5. The first-order valence-corrected chi connectivity index (χ1v) is 8.82. The molecule has 1 aliphatic rings. The van der Waals surface area contributed by atoms with Crippen LogP contribution in [0.2, 0.25) is 0 Å². The molecule has 25 heavy (non-hydrogen) atoms. The van der Waals surface area contributed by atoms with E-state index in [2.05, 4.69) is 22.3 Å². The molecule has 0 spiro atoms. The number of aromatic hydroxyl groups is 1. The van der Waals surface area contributed by atoms with Gasteiger partial charge in [0.05, 0.1) is 7.05 Å². The van der Waals surface area contributed by atoms with Crippen molar-refractivity contribution in [1.82, 2.24) is 9.13 Å². The molecular weight excluding hydrogens is 340 g/mol. The second-order valence-corrected chi connectivity index (χ2v) is 6.42. The lowest BCUT2D eigenvalue weighted by Gasteiger charge is -2.23. The van der Waals surface area contributed by atoms with E-state index in [4.69, 9.17) is 12.2 Å². The van der Waals surface area contributed by atoms with Gasteiger partial charge in [-0.25, -0.2) is 0 Å². The first kappa shape index (κ1) is 19.2. The summed E-state index contributed by atoms with van der Waals surface area (Å²) in [5.74, 6) is 0.164. The predicted octanol–water partition coefficient (Wildman–Crippen LogP) is 3.30. The van der Waals surface area contributed by atoms with Gasteiger partial charge in [-0.1, -0.05) is 12.0 Å². The lowest BCUT2D eigenvalue weighted by atomic mass is 10.3. The molecule has 0 radical (unpaired) electrons. The Hall–Kier alpha value is -2.13. The van der Waals surface area contributed by atoms with Crippen LogP contribution in [0.3, 0.4) is 0 Å². The summed E-state index contributed by atoms with van der Waals surface area (Å²) in [6.07, 6.45) is 2.82. The topological polar surface area (TPSA) is 84.2 Å². The molecule has 0 saturated heterocycles. The highest BCUT2D eigenvalue weighted by molar-refractivity contribution is 7.71. The summed E-state index contributed by atoms with van der Waals surface area (Å²) in [7, 11) is 2.00. The van der Waals surface area contributed by atoms with Gasteiger partial charge in [-0.2, -0.15) is 4.59 Å². The third-order valence-electron chi connectivity index (χ3n) is 4.34. The fraction of sp³-hybridized carbons (Fsp3) is 0.562. The average Bonchev–Trinajstić information content (AvgIpc) is 2.82. The van der Waals surface area contributed by atoms with Gasteiger partial charge < -0.3 is 5.11 Å². The molecule has 1 aromatic heterocycles. The summed E-state index contributed by atoms with van der Waals surface area (Å²) >= 11 is 5.25. The fourth-order valence-corrected chi connectivity index (χ4v) is 3.23. The van der Waals surface area contributed by atoms with Crippen LogP contribution in [0.5, 0.6) is 5.88 Å². The number of aromatic nitrogens is 2. The molecule has 0 bridgehead atoms. The van der Waals surface area contributed by atoms with E-state index in [-0.39, 0.29) is 16.3 Å². The van der Waals surface area contributed by atoms with Crippen molar-refractivity contribution in [1.29, 1.82) is 0 Å². The van der Waals surface area contributed by atoms with Crippen LogP contribution in [0.4, 0.5) is 5.69 Å². The molecule has 0 saturated carbocycles. The zero-order valence-corrected chi connectivity index (χ0v) is 16.2. The van der Waals surface area contributed by atoms with Crippen LogP contribution >= 0.6 is 12.2 Å². The van der Waals surface area contributed by atoms with Crippen LogP contribution in [-0.2, 0) is 13.1 Å². The Bertz CT molecular complexity index is 880. The second-order valence-electron chi connectivity index (χ2n) is 6.06. The van der Waals surface area contributed by atoms with Crippen LogP contribution in [-0.4, -0.2) is 38.3 Å². The highest BCUT2D eigenvalue weighted by Gasteiger charge is 2.30. The summed E-state index contributed by atoms with van der Waals surface area (Å²) in [6, 6.07) is 0. The quantitative estimate of drug-likeness (QED) is 0.494. The predicted molar refractivity (Wildman–Crippen MR) is 99.6 cm³/mol. The molecule has 2 rings (SSSR count). The fourth-order valence-electron chi connectivity index (χ4n) is 2.80. The number of quaternary nitrogens is 1. The highest BCUT2D eigenvalue weighted by Crippen LogP contribution is 2.26. The zero-order valence-electron chi connectivity index (χ0n) is 15.4. The van der Waals surface area contributed by atoms with Gasteiger partial charge in [0.1, 0.15) is 12.2 Å². The van der Waals surface area contributed by atoms with E-state index in [1.165, 1.54) is 9.13 Å². The molecule has 0 amide bonds. The van der Waals surface area contributed by atoms with E-state index in [1.54, 1.807) is 0 Å². The smallest absolute Gasteiger partial charge is 0.286 e. The molecule has 8 nitrogen and oxygen atoms in total. The van der Waals surface area contributed by atoms with E-state index >= 15 is 0 Å². The minimum absolute atomic E-state index is 0.123. The Labute approximate surface area is 152 Å². The summed E-state index contributed by atoms with van der Waals surface area (Å²) in [5.41, 5.74) is 0.474. The van der Waals surface area contributed by atoms with E-state index in [1.807, 2.05) is 33.9 Å². The number of allylic oxidation sites excluding steroid dienone is 1. The minimum Gasteiger partial charge on any atom is -0.493 e. The maximum Gasteiger partial charge on any atom is 0.286 e. The molecule has 0 aliphatic carbocycles. The van der Waals surface area contributed by atoms with Crippen LogP contribution in [0.1, 0.15) is 34.1 Å². The van der Waals surface area contributed by atoms with Gasteiger partial charge in [0.2, 0.25) is 17.4 Å². The van der Waals surface area contributed by atoms with Crippen LogP contribution in [0.25, 0.3) is 0 Å². The van der Waals surface area contributed by atoms with Gasteiger partial charge in [-0.15, -0.1) is 10.2 Å². The highest BCUT2D eigenvalue weighted by atomic mass is 32.1. The van der Waals surface area contributed by atoms with Crippen molar-refractivity contribution in [2.45, 2.75) is 47.2 Å². The first-order valence-electron chi connectivity index (χ1n) is 8.42. The summed E-state index contributed by atoms with van der Waals surface area (Å²) in [4.78, 5) is 12.5. The molecule has 1 aliphatic heterocycles. The monoisotopic (exact) mass is 365 g/mol. The summed E-state index contributed by atoms with van der Waals surface area (Å²) in [5, 5.41) is 23.0. The Morgan fingerprint density at radius 3 is 2.44 bits per heavy atom. The van der Waals surface area contributed by atoms with Gasteiger partial charge in [-0.3, -0.25) is 13.9 Å². The molecule has 0 aromatic carbocycles. The molecule has 0 fully saturated rings. The third kappa shape index (κ3) is 3.47. The Morgan fingerprint density at radius 1 is 1.24 bits per heavy atom. The standard InChI is InChI=1S/C16H24N6O2S/c1-6-9-22(5)11(4)10-12(19-22)17-18-13-14(23)20(7-2)16(25)21(8-3)15(13)24/h10H,6-9H2,1-5H3/p+1. The first-order chi connectivity index (χ1) is 11.8. The van der Waals surface area contributed by atoms with Gasteiger partial charge in [0, 0.05) is 26.1 Å². The normalized spacial score (nSPS) is 20.2. The van der Waals surface area contributed by atoms with E-state index in [0.717, 1.165) is 18.7 Å². The van der Waals surface area contributed by atoms with Gasteiger partial charge in [0.25, 0.3) is 5.56 Å². The van der Waals surface area contributed by atoms with Gasteiger partial charge >= 0.3 is 0 Å². The SMILES string of the molecule is CCC[N+]1(C)N=C(N=Nc2c(O)n(CC)c(=S)n(CC)c2=O)C=C1C. The van der Waals surface area contributed by atoms with Crippen molar-refractivity contribution in [3.05, 3.63) is 26.9 Å². The van der Waals surface area contributed by atoms with E-state index < -0.39 is 5.56 Å². The van der Waals surface area contributed by atoms with Crippen molar-refractivity contribution in [3.63, 3.8) is 0 Å². The van der Waals surface area contributed by atoms with Crippen molar-refractivity contribution >= 4 is 23.7 Å². The maximum absolute atomic E-state index is 12.5. The number of azo groups is 1. The molecular formula is C16H25N6O2S+. The Morgan fingerprint density at radius 2 is 1.88 bits per heavy atom.